The van der Waals surface area contributed by atoms with Crippen LogP contribution in [0, 0.1) is 0 Å². The molecule has 0 atom stereocenters. The van der Waals surface area contributed by atoms with Crippen LogP contribution in [0.5, 0.6) is 11.5 Å². The van der Waals surface area contributed by atoms with Crippen molar-refractivity contribution in [3.05, 3.63) is 35.4 Å². The van der Waals surface area contributed by atoms with Crippen molar-refractivity contribution in [2.75, 3.05) is 14.2 Å². The number of allylic oxidation sites excluding steroid dienone is 2. The summed E-state index contributed by atoms with van der Waals surface area (Å²) in [6, 6.07) is 5.72. The van der Waals surface area contributed by atoms with Crippen molar-refractivity contribution in [3.63, 3.8) is 0 Å². The first-order chi connectivity index (χ1) is 7.71. The van der Waals surface area contributed by atoms with Crippen molar-refractivity contribution >= 4 is 6.29 Å². The quantitative estimate of drug-likeness (QED) is 0.564. The normalized spacial score (nSPS) is 11.1. The van der Waals surface area contributed by atoms with E-state index in [4.69, 9.17) is 9.47 Å². The number of ether oxygens (including phenoxy) is 2. The van der Waals surface area contributed by atoms with Crippen molar-refractivity contribution in [3.8, 4) is 11.5 Å². The van der Waals surface area contributed by atoms with Crippen LogP contribution >= 0.6 is 0 Å². The van der Waals surface area contributed by atoms with Crippen LogP contribution in [-0.4, -0.2) is 20.5 Å². The fourth-order valence-electron chi connectivity index (χ4n) is 1.33. The number of benzene rings is 1. The molecule has 0 aliphatic carbocycles. The van der Waals surface area contributed by atoms with Crippen LogP contribution in [0.3, 0.4) is 0 Å². The van der Waals surface area contributed by atoms with E-state index in [0.29, 0.717) is 17.9 Å². The van der Waals surface area contributed by atoms with E-state index in [-0.39, 0.29) is 0 Å². The summed E-state index contributed by atoms with van der Waals surface area (Å²) >= 11 is 0. The molecule has 0 saturated heterocycles. The molecule has 0 N–H and O–H groups in total. The number of hydrogen-bond donors (Lipinski definition) is 0. The average Bonchev–Trinajstić information content (AvgIpc) is 2.35. The molecule has 0 fully saturated rings. The van der Waals surface area contributed by atoms with E-state index in [1.807, 2.05) is 24.3 Å². The maximum atomic E-state index is 10.4. The highest BCUT2D eigenvalue weighted by molar-refractivity contribution is 5.72. The molecule has 0 amide bonds. The Bertz CT molecular complexity index is 394. The number of methoxy groups -OCH3 is 2. The lowest BCUT2D eigenvalue weighted by Crippen LogP contribution is -1.92. The Hall–Kier alpha value is -1.77. The third-order valence-electron chi connectivity index (χ3n) is 2.29. The number of carbonyl (C=O) groups excluding carboxylic acids is 1. The Kier molecular flexibility index (Phi) is 4.58. The van der Waals surface area contributed by atoms with E-state index in [0.717, 1.165) is 17.4 Å². The summed E-state index contributed by atoms with van der Waals surface area (Å²) < 4.78 is 10.3. The lowest BCUT2D eigenvalue weighted by atomic mass is 10.1. The van der Waals surface area contributed by atoms with Crippen molar-refractivity contribution < 1.29 is 14.3 Å². The lowest BCUT2D eigenvalue weighted by Gasteiger charge is -2.08. The summed E-state index contributed by atoms with van der Waals surface area (Å²) in [6.45, 7) is 1.79. The van der Waals surface area contributed by atoms with Gasteiger partial charge in [0, 0.05) is 0 Å². The average molecular weight is 220 g/mol. The molecule has 0 aliphatic heterocycles. The summed E-state index contributed by atoms with van der Waals surface area (Å²) in [5.41, 5.74) is 1.81. The van der Waals surface area contributed by atoms with Crippen molar-refractivity contribution in [1.82, 2.24) is 0 Å². The predicted molar refractivity (Wildman–Crippen MR) is 63.1 cm³/mol. The van der Waals surface area contributed by atoms with Gasteiger partial charge in [0.15, 0.2) is 11.5 Å². The molecule has 1 aromatic rings. The van der Waals surface area contributed by atoms with E-state index in [1.54, 1.807) is 21.1 Å². The molecule has 0 saturated carbocycles. The summed E-state index contributed by atoms with van der Waals surface area (Å²) in [7, 11) is 3.21. The Labute approximate surface area is 95.7 Å². The largest absolute Gasteiger partial charge is 0.493 e. The van der Waals surface area contributed by atoms with E-state index >= 15 is 0 Å². The van der Waals surface area contributed by atoms with Crippen LogP contribution in [0.4, 0.5) is 0 Å². The number of hydrogen-bond acceptors (Lipinski definition) is 3. The standard InChI is InChI=1S/C13H16O3/c1-10(9-14)4-5-11-6-7-12(15-2)13(8-11)16-3/h4,6-9H,5H2,1-3H3. The smallest absolute Gasteiger partial charge is 0.160 e. The first kappa shape index (κ1) is 12.3. The SMILES string of the molecule is COc1ccc(CC=C(C)C=O)cc1OC. The lowest BCUT2D eigenvalue weighted by molar-refractivity contribution is -0.104. The Morgan fingerprint density at radius 3 is 2.50 bits per heavy atom. The second kappa shape index (κ2) is 5.95. The molecule has 0 bridgehead atoms. The Morgan fingerprint density at radius 2 is 1.94 bits per heavy atom. The Balaban J connectivity index is 2.87. The third-order valence-corrected chi connectivity index (χ3v) is 2.29. The van der Waals surface area contributed by atoms with Gasteiger partial charge in [0.05, 0.1) is 14.2 Å². The number of rotatable bonds is 5. The first-order valence-electron chi connectivity index (χ1n) is 5.04. The zero-order chi connectivity index (χ0) is 12.0. The predicted octanol–water partition coefficient (Wildman–Crippen LogP) is 2.39. The minimum Gasteiger partial charge on any atom is -0.493 e. The van der Waals surface area contributed by atoms with Crippen LogP contribution in [0.25, 0.3) is 0 Å². The van der Waals surface area contributed by atoms with Gasteiger partial charge < -0.3 is 9.47 Å². The van der Waals surface area contributed by atoms with Crippen LogP contribution in [0.15, 0.2) is 29.8 Å². The summed E-state index contributed by atoms with van der Waals surface area (Å²) in [5, 5.41) is 0. The fourth-order valence-corrected chi connectivity index (χ4v) is 1.33. The molecule has 3 nitrogen and oxygen atoms in total. The zero-order valence-corrected chi connectivity index (χ0v) is 9.82. The molecule has 1 aromatic carbocycles. The molecule has 3 heteroatoms. The minimum atomic E-state index is 0.706. The molecule has 0 heterocycles. The monoisotopic (exact) mass is 220 g/mol. The number of carbonyl (C=O) groups is 1. The van der Waals surface area contributed by atoms with Gasteiger partial charge in [0.1, 0.15) is 6.29 Å². The van der Waals surface area contributed by atoms with Crippen molar-refractivity contribution in [1.29, 1.82) is 0 Å². The van der Waals surface area contributed by atoms with E-state index in [2.05, 4.69) is 0 Å². The minimum absolute atomic E-state index is 0.706. The van der Waals surface area contributed by atoms with E-state index < -0.39 is 0 Å². The van der Waals surface area contributed by atoms with Gasteiger partial charge in [0.25, 0.3) is 0 Å². The first-order valence-corrected chi connectivity index (χ1v) is 5.04. The van der Waals surface area contributed by atoms with Gasteiger partial charge in [-0.15, -0.1) is 0 Å². The fraction of sp³-hybridized carbons (Fsp3) is 0.308. The topological polar surface area (TPSA) is 35.5 Å². The van der Waals surface area contributed by atoms with Crippen LogP contribution < -0.4 is 9.47 Å². The van der Waals surface area contributed by atoms with Gasteiger partial charge in [-0.25, -0.2) is 0 Å². The van der Waals surface area contributed by atoms with Gasteiger partial charge in [-0.2, -0.15) is 0 Å². The summed E-state index contributed by atoms with van der Waals surface area (Å²) in [6.07, 6.45) is 3.44. The molecule has 1 rings (SSSR count). The molecular formula is C13H16O3. The summed E-state index contributed by atoms with van der Waals surface area (Å²) in [5.74, 6) is 1.42. The molecule has 86 valence electrons. The third kappa shape index (κ3) is 3.12. The van der Waals surface area contributed by atoms with Crippen LogP contribution in [0.2, 0.25) is 0 Å². The second-order valence-corrected chi connectivity index (χ2v) is 3.46. The molecule has 0 spiro atoms. The molecular weight excluding hydrogens is 204 g/mol. The van der Waals surface area contributed by atoms with Gasteiger partial charge in [0.2, 0.25) is 0 Å². The van der Waals surface area contributed by atoms with Gasteiger partial charge in [-0.1, -0.05) is 12.1 Å². The Morgan fingerprint density at radius 1 is 1.25 bits per heavy atom. The molecule has 0 radical (unpaired) electrons. The summed E-state index contributed by atoms with van der Waals surface area (Å²) in [4.78, 5) is 10.4. The highest BCUT2D eigenvalue weighted by Crippen LogP contribution is 2.27. The van der Waals surface area contributed by atoms with Crippen molar-refractivity contribution in [2.24, 2.45) is 0 Å². The second-order valence-electron chi connectivity index (χ2n) is 3.46. The molecule has 0 unspecified atom stereocenters. The van der Waals surface area contributed by atoms with Gasteiger partial charge >= 0.3 is 0 Å². The molecule has 16 heavy (non-hydrogen) atoms. The maximum absolute atomic E-state index is 10.4. The van der Waals surface area contributed by atoms with E-state index in [1.165, 1.54) is 0 Å². The van der Waals surface area contributed by atoms with Crippen molar-refractivity contribution in [2.45, 2.75) is 13.3 Å². The zero-order valence-electron chi connectivity index (χ0n) is 9.82. The number of aldehydes is 1. The highest BCUT2D eigenvalue weighted by Gasteiger charge is 2.03. The maximum Gasteiger partial charge on any atom is 0.160 e. The highest BCUT2D eigenvalue weighted by atomic mass is 16.5. The van der Waals surface area contributed by atoms with E-state index in [9.17, 15) is 4.79 Å². The van der Waals surface area contributed by atoms with Gasteiger partial charge in [-0.05, 0) is 36.6 Å². The molecule has 0 aliphatic rings. The van der Waals surface area contributed by atoms with Crippen LogP contribution in [0.1, 0.15) is 12.5 Å². The van der Waals surface area contributed by atoms with Gasteiger partial charge in [-0.3, -0.25) is 4.79 Å². The molecule has 0 aromatic heterocycles. The van der Waals surface area contributed by atoms with Crippen LogP contribution in [-0.2, 0) is 11.2 Å².